The summed E-state index contributed by atoms with van der Waals surface area (Å²) in [5, 5.41) is 0. The summed E-state index contributed by atoms with van der Waals surface area (Å²) in [5.41, 5.74) is 1.94. The van der Waals surface area contributed by atoms with Gasteiger partial charge in [-0.05, 0) is 43.2 Å². The highest BCUT2D eigenvalue weighted by molar-refractivity contribution is 6.01. The maximum Gasteiger partial charge on any atom is 0.342 e. The fourth-order valence-corrected chi connectivity index (χ4v) is 2.76. The lowest BCUT2D eigenvalue weighted by molar-refractivity contribution is 0.0316. The van der Waals surface area contributed by atoms with Crippen LogP contribution >= 0.6 is 0 Å². The number of esters is 1. The third-order valence-electron chi connectivity index (χ3n) is 4.38. The molecule has 0 N–H and O–H groups in total. The standard InChI is InChI=1S/C24H22O4/c1-3-18-13-15-19(16-14-18)23(25)17(2)27-24(26)21-11-7-8-12-22(21)28-20-9-5-4-6-10-20/h4-17H,3H2,1-2H3/t17-/m0/s1. The average molecular weight is 374 g/mol. The largest absolute Gasteiger partial charge is 0.456 e. The van der Waals surface area contributed by atoms with E-state index >= 15 is 0 Å². The molecule has 0 fully saturated rings. The van der Waals surface area contributed by atoms with Gasteiger partial charge in [-0.2, -0.15) is 0 Å². The molecule has 1 atom stereocenters. The molecular weight excluding hydrogens is 352 g/mol. The van der Waals surface area contributed by atoms with Gasteiger partial charge in [0.05, 0.1) is 0 Å². The van der Waals surface area contributed by atoms with Gasteiger partial charge in [0, 0.05) is 5.56 Å². The molecule has 0 spiro atoms. The van der Waals surface area contributed by atoms with E-state index in [1.165, 1.54) is 0 Å². The summed E-state index contributed by atoms with van der Waals surface area (Å²) in [4.78, 5) is 25.2. The maximum absolute atomic E-state index is 12.6. The Morgan fingerprint density at radius 3 is 2.18 bits per heavy atom. The summed E-state index contributed by atoms with van der Waals surface area (Å²) in [6.07, 6.45) is 0.00164. The Morgan fingerprint density at radius 1 is 0.857 bits per heavy atom. The van der Waals surface area contributed by atoms with Crippen LogP contribution in [-0.2, 0) is 11.2 Å². The Morgan fingerprint density at radius 2 is 1.50 bits per heavy atom. The second kappa shape index (κ2) is 9.00. The van der Waals surface area contributed by atoms with Gasteiger partial charge in [-0.1, -0.05) is 61.5 Å². The second-order valence-corrected chi connectivity index (χ2v) is 6.37. The Kier molecular flexibility index (Phi) is 6.22. The molecule has 28 heavy (non-hydrogen) atoms. The normalized spacial score (nSPS) is 11.5. The highest BCUT2D eigenvalue weighted by Gasteiger charge is 2.22. The molecular formula is C24H22O4. The van der Waals surface area contributed by atoms with E-state index in [-0.39, 0.29) is 11.3 Å². The van der Waals surface area contributed by atoms with E-state index in [4.69, 9.17) is 9.47 Å². The van der Waals surface area contributed by atoms with E-state index in [2.05, 4.69) is 6.92 Å². The third-order valence-corrected chi connectivity index (χ3v) is 4.38. The number of ether oxygens (including phenoxy) is 2. The second-order valence-electron chi connectivity index (χ2n) is 6.37. The Bertz CT molecular complexity index is 946. The lowest BCUT2D eigenvalue weighted by Crippen LogP contribution is -2.24. The van der Waals surface area contributed by atoms with E-state index in [1.54, 1.807) is 55.5 Å². The zero-order chi connectivity index (χ0) is 19.9. The third kappa shape index (κ3) is 4.65. The first kappa shape index (κ1) is 19.4. The van der Waals surface area contributed by atoms with Gasteiger partial charge in [-0.25, -0.2) is 4.79 Å². The van der Waals surface area contributed by atoms with Gasteiger partial charge in [-0.3, -0.25) is 4.79 Å². The number of rotatable bonds is 7. The lowest BCUT2D eigenvalue weighted by Gasteiger charge is -2.15. The van der Waals surface area contributed by atoms with Crippen LogP contribution in [0.25, 0.3) is 0 Å². The molecule has 3 rings (SSSR count). The van der Waals surface area contributed by atoms with Gasteiger partial charge < -0.3 is 9.47 Å². The SMILES string of the molecule is CCc1ccc(C(=O)[C@H](C)OC(=O)c2ccccc2Oc2ccccc2)cc1. The number of para-hydroxylation sites is 2. The molecule has 0 aliphatic heterocycles. The fourth-order valence-electron chi connectivity index (χ4n) is 2.76. The Balaban J connectivity index is 1.72. The van der Waals surface area contributed by atoms with E-state index in [1.807, 2.05) is 30.3 Å². The summed E-state index contributed by atoms with van der Waals surface area (Å²) in [6.45, 7) is 3.63. The predicted molar refractivity (Wildman–Crippen MR) is 108 cm³/mol. The highest BCUT2D eigenvalue weighted by atomic mass is 16.5. The van der Waals surface area contributed by atoms with Gasteiger partial charge in [0.1, 0.15) is 17.1 Å². The van der Waals surface area contributed by atoms with E-state index in [0.29, 0.717) is 17.1 Å². The highest BCUT2D eigenvalue weighted by Crippen LogP contribution is 2.26. The number of Topliss-reactive ketones (excluding diaryl/α,β-unsaturated/α-hetero) is 1. The van der Waals surface area contributed by atoms with Crippen molar-refractivity contribution in [2.24, 2.45) is 0 Å². The zero-order valence-corrected chi connectivity index (χ0v) is 15.9. The molecule has 142 valence electrons. The van der Waals surface area contributed by atoms with Gasteiger partial charge in [0.15, 0.2) is 6.10 Å². The van der Waals surface area contributed by atoms with E-state index in [9.17, 15) is 9.59 Å². The molecule has 4 heteroatoms. The summed E-state index contributed by atoms with van der Waals surface area (Å²) in [7, 11) is 0. The van der Waals surface area contributed by atoms with Crippen molar-refractivity contribution in [3.8, 4) is 11.5 Å². The lowest BCUT2D eigenvalue weighted by atomic mass is 10.0. The molecule has 0 radical (unpaired) electrons. The van der Waals surface area contributed by atoms with Gasteiger partial charge >= 0.3 is 5.97 Å². The smallest absolute Gasteiger partial charge is 0.342 e. The minimum Gasteiger partial charge on any atom is -0.456 e. The molecule has 0 amide bonds. The summed E-state index contributed by atoms with van der Waals surface area (Å²) >= 11 is 0. The maximum atomic E-state index is 12.6. The van der Waals surface area contributed by atoms with Crippen LogP contribution in [0.3, 0.4) is 0 Å². The van der Waals surface area contributed by atoms with Crippen molar-refractivity contribution in [3.63, 3.8) is 0 Å². The number of benzene rings is 3. The zero-order valence-electron chi connectivity index (χ0n) is 15.9. The summed E-state index contributed by atoms with van der Waals surface area (Å²) in [6, 6.07) is 23.3. The molecule has 0 saturated heterocycles. The number of hydrogen-bond acceptors (Lipinski definition) is 4. The van der Waals surface area contributed by atoms with Crippen molar-refractivity contribution in [2.75, 3.05) is 0 Å². The number of carbonyl (C=O) groups is 2. The Hall–Kier alpha value is -3.40. The van der Waals surface area contributed by atoms with Crippen molar-refractivity contribution in [3.05, 3.63) is 95.6 Å². The molecule has 0 heterocycles. The van der Waals surface area contributed by atoms with Gasteiger partial charge in [0.2, 0.25) is 5.78 Å². The monoisotopic (exact) mass is 374 g/mol. The topological polar surface area (TPSA) is 52.6 Å². The molecule has 0 aliphatic carbocycles. The molecule has 0 saturated carbocycles. The van der Waals surface area contributed by atoms with E-state index in [0.717, 1.165) is 12.0 Å². The van der Waals surface area contributed by atoms with Crippen LogP contribution in [0.4, 0.5) is 0 Å². The average Bonchev–Trinajstić information content (AvgIpc) is 2.74. The van der Waals surface area contributed by atoms with Crippen molar-refractivity contribution in [1.82, 2.24) is 0 Å². The molecule has 0 bridgehead atoms. The summed E-state index contributed by atoms with van der Waals surface area (Å²) < 4.78 is 11.2. The first-order valence-corrected chi connectivity index (χ1v) is 9.24. The minimum absolute atomic E-state index is 0.238. The van der Waals surface area contributed by atoms with E-state index < -0.39 is 12.1 Å². The van der Waals surface area contributed by atoms with Crippen LogP contribution in [0.1, 0.15) is 40.1 Å². The fraction of sp³-hybridized carbons (Fsp3) is 0.167. The van der Waals surface area contributed by atoms with Crippen LogP contribution in [0.15, 0.2) is 78.9 Å². The van der Waals surface area contributed by atoms with Crippen molar-refractivity contribution >= 4 is 11.8 Å². The molecule has 0 unspecified atom stereocenters. The van der Waals surface area contributed by atoms with Crippen molar-refractivity contribution in [1.29, 1.82) is 0 Å². The first-order chi connectivity index (χ1) is 13.6. The van der Waals surface area contributed by atoms with Crippen molar-refractivity contribution in [2.45, 2.75) is 26.4 Å². The van der Waals surface area contributed by atoms with Gasteiger partial charge in [0.25, 0.3) is 0 Å². The Labute approximate surface area is 164 Å². The predicted octanol–water partition coefficient (Wildman–Crippen LogP) is 5.47. The van der Waals surface area contributed by atoms with Crippen LogP contribution in [-0.4, -0.2) is 17.9 Å². The molecule has 3 aromatic rings. The van der Waals surface area contributed by atoms with Crippen LogP contribution in [0.5, 0.6) is 11.5 Å². The van der Waals surface area contributed by atoms with Crippen LogP contribution < -0.4 is 4.74 Å². The number of ketones is 1. The first-order valence-electron chi connectivity index (χ1n) is 9.24. The number of carbonyl (C=O) groups excluding carboxylic acids is 2. The molecule has 0 aliphatic rings. The number of aryl methyl sites for hydroxylation is 1. The molecule has 4 nitrogen and oxygen atoms in total. The molecule has 3 aromatic carbocycles. The van der Waals surface area contributed by atoms with Gasteiger partial charge in [-0.15, -0.1) is 0 Å². The van der Waals surface area contributed by atoms with Crippen LogP contribution in [0.2, 0.25) is 0 Å². The molecule has 0 aromatic heterocycles. The minimum atomic E-state index is -0.898. The van der Waals surface area contributed by atoms with Crippen LogP contribution in [0, 0.1) is 0 Å². The van der Waals surface area contributed by atoms with Crippen molar-refractivity contribution < 1.29 is 19.1 Å². The summed E-state index contributed by atoms with van der Waals surface area (Å²) in [5.74, 6) is 0.156. The number of hydrogen-bond donors (Lipinski definition) is 0. The quantitative estimate of drug-likeness (QED) is 0.406.